The van der Waals surface area contributed by atoms with Crippen LogP contribution in [0.4, 0.5) is 5.82 Å². The summed E-state index contributed by atoms with van der Waals surface area (Å²) in [6.45, 7) is 7.13. The van der Waals surface area contributed by atoms with Crippen LogP contribution in [-0.2, 0) is 11.3 Å². The molecule has 0 atom stereocenters. The SMILES string of the molecule is CCCn1c(SCC(=O)Nc2ccc(Cl)cn2)nnc1-c1csc(C)c1C. The smallest absolute Gasteiger partial charge is 0.236 e. The van der Waals surface area contributed by atoms with Crippen molar-refractivity contribution in [2.75, 3.05) is 11.1 Å². The van der Waals surface area contributed by atoms with Crippen LogP contribution in [0.2, 0.25) is 5.02 Å². The number of nitrogens with zero attached hydrogens (tertiary/aromatic N) is 4. The third-order valence-corrected chi connectivity index (χ3v) is 6.22. The van der Waals surface area contributed by atoms with Gasteiger partial charge in [0, 0.05) is 28.6 Å². The zero-order valence-electron chi connectivity index (χ0n) is 15.3. The quantitative estimate of drug-likeness (QED) is 0.554. The molecule has 1 N–H and O–H groups in total. The number of hydrogen-bond donors (Lipinski definition) is 1. The first-order valence-electron chi connectivity index (χ1n) is 8.52. The average Bonchev–Trinajstić information content (AvgIpc) is 3.19. The standard InChI is InChI=1S/C18H20ClN5OS2/c1-4-7-24-17(14-9-26-12(3)11(14)2)22-23-18(24)27-10-16(25)21-15-6-5-13(19)8-20-15/h5-6,8-9H,4,7,10H2,1-3H3,(H,20,21,25). The van der Waals surface area contributed by atoms with Crippen LogP contribution in [0, 0.1) is 13.8 Å². The number of halogens is 1. The maximum absolute atomic E-state index is 12.2. The molecular weight excluding hydrogens is 402 g/mol. The fourth-order valence-corrected chi connectivity index (χ4v) is 4.25. The lowest BCUT2D eigenvalue weighted by Gasteiger charge is -2.09. The van der Waals surface area contributed by atoms with E-state index in [0.717, 1.165) is 29.5 Å². The Morgan fingerprint density at radius 1 is 1.33 bits per heavy atom. The van der Waals surface area contributed by atoms with Gasteiger partial charge in [-0.3, -0.25) is 4.79 Å². The lowest BCUT2D eigenvalue weighted by atomic mass is 10.1. The molecule has 0 bridgehead atoms. The number of aryl methyl sites for hydroxylation is 1. The van der Waals surface area contributed by atoms with Gasteiger partial charge in [0.05, 0.1) is 10.8 Å². The predicted molar refractivity (Wildman–Crippen MR) is 112 cm³/mol. The lowest BCUT2D eigenvalue weighted by Crippen LogP contribution is -2.15. The van der Waals surface area contributed by atoms with Gasteiger partial charge in [0.15, 0.2) is 11.0 Å². The molecule has 142 valence electrons. The van der Waals surface area contributed by atoms with E-state index in [1.54, 1.807) is 23.5 Å². The van der Waals surface area contributed by atoms with E-state index in [1.165, 1.54) is 28.4 Å². The van der Waals surface area contributed by atoms with E-state index in [0.29, 0.717) is 10.8 Å². The second-order valence-corrected chi connectivity index (χ2v) is 8.45. The molecule has 27 heavy (non-hydrogen) atoms. The number of carbonyl (C=O) groups excluding carboxylic acids is 1. The third-order valence-electron chi connectivity index (χ3n) is 4.02. The van der Waals surface area contributed by atoms with Crippen LogP contribution in [0.15, 0.2) is 28.9 Å². The first-order chi connectivity index (χ1) is 13.0. The van der Waals surface area contributed by atoms with Gasteiger partial charge in [-0.25, -0.2) is 4.98 Å². The Labute approximate surface area is 171 Å². The molecule has 0 fully saturated rings. The summed E-state index contributed by atoms with van der Waals surface area (Å²) in [6.07, 6.45) is 2.46. The zero-order chi connectivity index (χ0) is 19.4. The number of anilines is 1. The van der Waals surface area contributed by atoms with Crippen molar-refractivity contribution in [2.24, 2.45) is 0 Å². The van der Waals surface area contributed by atoms with Gasteiger partial charge in [-0.05, 0) is 38.0 Å². The summed E-state index contributed by atoms with van der Waals surface area (Å²) in [5.74, 6) is 1.42. The highest BCUT2D eigenvalue weighted by atomic mass is 35.5. The number of thiophene rings is 1. The normalized spacial score (nSPS) is 11.0. The molecule has 9 heteroatoms. The van der Waals surface area contributed by atoms with Gasteiger partial charge in [0.2, 0.25) is 5.91 Å². The van der Waals surface area contributed by atoms with Gasteiger partial charge in [0.25, 0.3) is 0 Å². The molecule has 0 saturated carbocycles. The van der Waals surface area contributed by atoms with Crippen molar-refractivity contribution in [1.29, 1.82) is 0 Å². The summed E-state index contributed by atoms with van der Waals surface area (Å²) in [5, 5.41) is 14.9. The minimum atomic E-state index is -0.148. The van der Waals surface area contributed by atoms with Crippen molar-refractivity contribution in [2.45, 2.75) is 38.9 Å². The first-order valence-corrected chi connectivity index (χ1v) is 10.8. The Morgan fingerprint density at radius 2 is 2.15 bits per heavy atom. The van der Waals surface area contributed by atoms with Crippen LogP contribution in [0.1, 0.15) is 23.8 Å². The fraction of sp³-hybridized carbons (Fsp3) is 0.333. The van der Waals surface area contributed by atoms with E-state index in [-0.39, 0.29) is 11.7 Å². The summed E-state index contributed by atoms with van der Waals surface area (Å²) >= 11 is 8.89. The number of rotatable bonds is 7. The van der Waals surface area contributed by atoms with Crippen molar-refractivity contribution in [3.05, 3.63) is 39.2 Å². The highest BCUT2D eigenvalue weighted by Gasteiger charge is 2.18. The molecule has 3 aromatic rings. The van der Waals surface area contributed by atoms with E-state index < -0.39 is 0 Å². The van der Waals surface area contributed by atoms with Crippen molar-refractivity contribution >= 4 is 46.4 Å². The average molecular weight is 422 g/mol. The minimum absolute atomic E-state index is 0.148. The Morgan fingerprint density at radius 3 is 2.78 bits per heavy atom. The van der Waals surface area contributed by atoms with Gasteiger partial charge in [-0.15, -0.1) is 21.5 Å². The third kappa shape index (κ3) is 4.69. The van der Waals surface area contributed by atoms with Gasteiger partial charge < -0.3 is 9.88 Å². The second kappa shape index (κ2) is 8.86. The molecular formula is C18H20ClN5OS2. The van der Waals surface area contributed by atoms with E-state index in [2.05, 4.69) is 51.2 Å². The molecule has 6 nitrogen and oxygen atoms in total. The maximum atomic E-state index is 12.2. The molecule has 0 aliphatic carbocycles. The number of hydrogen-bond acceptors (Lipinski definition) is 6. The van der Waals surface area contributed by atoms with Crippen LogP contribution < -0.4 is 5.32 Å². The summed E-state index contributed by atoms with van der Waals surface area (Å²) < 4.78 is 2.09. The van der Waals surface area contributed by atoms with Crippen molar-refractivity contribution < 1.29 is 4.79 Å². The topological polar surface area (TPSA) is 72.7 Å². The molecule has 3 heterocycles. The molecule has 0 spiro atoms. The molecule has 3 aromatic heterocycles. The number of carbonyl (C=O) groups is 1. The Hall–Kier alpha value is -1.90. The number of aromatic nitrogens is 4. The lowest BCUT2D eigenvalue weighted by molar-refractivity contribution is -0.113. The number of nitrogens with one attached hydrogen (secondary N) is 1. The van der Waals surface area contributed by atoms with Crippen LogP contribution in [0.3, 0.4) is 0 Å². The van der Waals surface area contributed by atoms with E-state index in [9.17, 15) is 4.79 Å². The number of pyridine rings is 1. The van der Waals surface area contributed by atoms with Gasteiger partial charge in [-0.1, -0.05) is 30.3 Å². The van der Waals surface area contributed by atoms with Crippen molar-refractivity contribution in [3.8, 4) is 11.4 Å². The Kier molecular flexibility index (Phi) is 6.51. The van der Waals surface area contributed by atoms with E-state index in [4.69, 9.17) is 11.6 Å². The molecule has 0 aromatic carbocycles. The second-order valence-electron chi connectivity index (χ2n) is 5.99. The minimum Gasteiger partial charge on any atom is -0.310 e. The van der Waals surface area contributed by atoms with E-state index in [1.807, 2.05) is 0 Å². The van der Waals surface area contributed by atoms with Gasteiger partial charge in [0.1, 0.15) is 5.82 Å². The highest BCUT2D eigenvalue weighted by Crippen LogP contribution is 2.31. The number of thioether (sulfide) groups is 1. The molecule has 0 radical (unpaired) electrons. The summed E-state index contributed by atoms with van der Waals surface area (Å²) in [5.41, 5.74) is 2.34. The van der Waals surface area contributed by atoms with Crippen molar-refractivity contribution in [1.82, 2.24) is 19.7 Å². The number of amides is 1. The molecule has 1 amide bonds. The summed E-state index contributed by atoms with van der Waals surface area (Å²) in [7, 11) is 0. The molecule has 3 rings (SSSR count). The van der Waals surface area contributed by atoms with Crippen LogP contribution in [0.5, 0.6) is 0 Å². The van der Waals surface area contributed by atoms with Gasteiger partial charge >= 0.3 is 0 Å². The van der Waals surface area contributed by atoms with E-state index >= 15 is 0 Å². The summed E-state index contributed by atoms with van der Waals surface area (Å²) in [4.78, 5) is 17.6. The van der Waals surface area contributed by atoms with Crippen molar-refractivity contribution in [3.63, 3.8) is 0 Å². The molecule has 0 aliphatic rings. The Bertz CT molecular complexity index is 936. The zero-order valence-corrected chi connectivity index (χ0v) is 17.7. The summed E-state index contributed by atoms with van der Waals surface area (Å²) in [6, 6.07) is 3.36. The predicted octanol–water partition coefficient (Wildman–Crippen LogP) is 4.81. The Balaban J connectivity index is 1.72. The first kappa shape index (κ1) is 19.9. The monoisotopic (exact) mass is 421 g/mol. The fourth-order valence-electron chi connectivity index (χ4n) is 2.51. The maximum Gasteiger partial charge on any atom is 0.236 e. The van der Waals surface area contributed by atoms with Crippen LogP contribution >= 0.6 is 34.7 Å². The largest absolute Gasteiger partial charge is 0.310 e. The van der Waals surface area contributed by atoms with Gasteiger partial charge in [-0.2, -0.15) is 0 Å². The molecule has 0 saturated heterocycles. The van der Waals surface area contributed by atoms with Crippen LogP contribution in [0.25, 0.3) is 11.4 Å². The highest BCUT2D eigenvalue weighted by molar-refractivity contribution is 7.99. The molecule has 0 unspecified atom stereocenters. The molecule has 0 aliphatic heterocycles. The van der Waals surface area contributed by atoms with Crippen LogP contribution in [-0.4, -0.2) is 31.4 Å².